The Balaban J connectivity index is 2.02. The van der Waals surface area contributed by atoms with Gasteiger partial charge in [-0.1, -0.05) is 18.7 Å². The van der Waals surface area contributed by atoms with Gasteiger partial charge < -0.3 is 14.6 Å². The molecule has 0 spiro atoms. The first kappa shape index (κ1) is 20.5. The molecule has 0 atom stereocenters. The lowest BCUT2D eigenvalue weighted by molar-refractivity contribution is -0.168. The van der Waals surface area contributed by atoms with Crippen LogP contribution in [0.15, 0.2) is 36.4 Å². The minimum absolute atomic E-state index is 0.233. The molecule has 1 N–H and O–H groups in total. The number of aliphatic carboxylic acids is 1. The average molecular weight is 386 g/mol. The second kappa shape index (κ2) is 7.81. The molecule has 0 radical (unpaired) electrons. The molecule has 1 aromatic carbocycles. The first-order chi connectivity index (χ1) is 12.5. The molecule has 1 aromatic rings. The predicted molar refractivity (Wildman–Crippen MR) is 85.4 cm³/mol. The van der Waals surface area contributed by atoms with Crippen molar-refractivity contribution in [3.63, 3.8) is 0 Å². The zero-order valence-corrected chi connectivity index (χ0v) is 14.2. The molecule has 27 heavy (non-hydrogen) atoms. The maximum atomic E-state index is 12.7. The van der Waals surface area contributed by atoms with Crippen LogP contribution < -0.4 is 0 Å². The summed E-state index contributed by atoms with van der Waals surface area (Å²) in [6.07, 6.45) is -3.43. The number of esters is 2. The number of carboxylic acid groups (broad SMARTS) is 1. The number of alkyl halides is 3. The van der Waals surface area contributed by atoms with Crippen LogP contribution >= 0.6 is 0 Å². The smallest absolute Gasteiger partial charge is 0.416 e. The van der Waals surface area contributed by atoms with Crippen LogP contribution in [-0.4, -0.2) is 29.6 Å². The largest absolute Gasteiger partial charge is 0.479 e. The van der Waals surface area contributed by atoms with Gasteiger partial charge >= 0.3 is 24.1 Å². The van der Waals surface area contributed by atoms with E-state index in [-0.39, 0.29) is 5.57 Å². The zero-order valence-electron chi connectivity index (χ0n) is 14.2. The van der Waals surface area contributed by atoms with E-state index in [1.165, 1.54) is 12.1 Å². The van der Waals surface area contributed by atoms with Crippen LogP contribution in [0.25, 0.3) is 0 Å². The Morgan fingerprint density at radius 3 is 2.19 bits per heavy atom. The Morgan fingerprint density at radius 2 is 1.74 bits per heavy atom. The summed E-state index contributed by atoms with van der Waals surface area (Å²) in [5, 5.41) is 8.43. The molecule has 0 unspecified atom stereocenters. The van der Waals surface area contributed by atoms with Crippen molar-refractivity contribution in [3.8, 4) is 0 Å². The third kappa shape index (κ3) is 5.08. The van der Waals surface area contributed by atoms with Gasteiger partial charge in [0.15, 0.2) is 6.61 Å². The van der Waals surface area contributed by atoms with E-state index in [4.69, 9.17) is 9.84 Å². The number of rotatable bonds is 7. The number of hydrogen-bond donors (Lipinski definition) is 1. The standard InChI is InChI=1S/C18H17F3O6/c1-11(9-15(24)26-10-14(22)23)16(25)27-17(7-2-8-17)12-3-5-13(6-4-12)18(19,20)21/h3-6H,1-2,7-10H2,(H,22,23). The van der Waals surface area contributed by atoms with Crippen molar-refractivity contribution in [2.45, 2.75) is 37.5 Å². The topological polar surface area (TPSA) is 89.9 Å². The van der Waals surface area contributed by atoms with Crippen molar-refractivity contribution in [2.75, 3.05) is 6.61 Å². The Labute approximate surface area is 152 Å². The van der Waals surface area contributed by atoms with Crippen LogP contribution in [0, 0.1) is 0 Å². The minimum atomic E-state index is -4.47. The average Bonchev–Trinajstić information content (AvgIpc) is 2.55. The summed E-state index contributed by atoms with van der Waals surface area (Å²) < 4.78 is 47.9. The molecular weight excluding hydrogens is 369 g/mol. The Morgan fingerprint density at radius 1 is 1.15 bits per heavy atom. The van der Waals surface area contributed by atoms with E-state index >= 15 is 0 Å². The Kier molecular flexibility index (Phi) is 5.92. The molecule has 0 amide bonds. The second-order valence-electron chi connectivity index (χ2n) is 6.15. The van der Waals surface area contributed by atoms with Crippen molar-refractivity contribution in [3.05, 3.63) is 47.5 Å². The third-order valence-electron chi connectivity index (χ3n) is 4.19. The van der Waals surface area contributed by atoms with Gasteiger partial charge in [-0.2, -0.15) is 13.2 Å². The maximum Gasteiger partial charge on any atom is 0.416 e. The van der Waals surface area contributed by atoms with Crippen LogP contribution in [0.5, 0.6) is 0 Å². The number of ether oxygens (including phenoxy) is 2. The van der Waals surface area contributed by atoms with Gasteiger partial charge in [-0.15, -0.1) is 0 Å². The summed E-state index contributed by atoms with van der Waals surface area (Å²) in [6.45, 7) is 2.60. The normalized spacial score (nSPS) is 15.4. The predicted octanol–water partition coefficient (Wildman–Crippen LogP) is 3.20. The van der Waals surface area contributed by atoms with Crippen LogP contribution in [0.3, 0.4) is 0 Å². The van der Waals surface area contributed by atoms with E-state index in [0.717, 1.165) is 18.6 Å². The van der Waals surface area contributed by atoms with Crippen molar-refractivity contribution in [1.82, 2.24) is 0 Å². The molecule has 146 valence electrons. The third-order valence-corrected chi connectivity index (χ3v) is 4.19. The van der Waals surface area contributed by atoms with Gasteiger partial charge in [0.25, 0.3) is 0 Å². The van der Waals surface area contributed by atoms with Crippen molar-refractivity contribution in [2.24, 2.45) is 0 Å². The van der Waals surface area contributed by atoms with Crippen LogP contribution in [0.2, 0.25) is 0 Å². The van der Waals surface area contributed by atoms with Crippen molar-refractivity contribution in [1.29, 1.82) is 0 Å². The van der Waals surface area contributed by atoms with E-state index in [0.29, 0.717) is 18.4 Å². The molecule has 0 saturated heterocycles. The van der Waals surface area contributed by atoms with E-state index < -0.39 is 48.3 Å². The molecule has 1 saturated carbocycles. The number of halogens is 3. The molecule has 0 heterocycles. The Hall–Kier alpha value is -2.84. The molecule has 0 aromatic heterocycles. The van der Waals surface area contributed by atoms with Gasteiger partial charge in [-0.3, -0.25) is 4.79 Å². The van der Waals surface area contributed by atoms with E-state index in [9.17, 15) is 27.6 Å². The number of carbonyl (C=O) groups is 3. The zero-order chi connectivity index (χ0) is 20.2. The summed E-state index contributed by atoms with van der Waals surface area (Å²) in [4.78, 5) is 34.0. The SMILES string of the molecule is C=C(CC(=O)OCC(=O)O)C(=O)OC1(c2ccc(C(F)(F)F)cc2)CCC1. The summed E-state index contributed by atoms with van der Waals surface area (Å²) in [5.41, 5.74) is -1.67. The molecule has 1 fully saturated rings. The minimum Gasteiger partial charge on any atom is -0.479 e. The highest BCUT2D eigenvalue weighted by atomic mass is 19.4. The summed E-state index contributed by atoms with van der Waals surface area (Å²) in [5.74, 6) is -3.18. The fraction of sp³-hybridized carbons (Fsp3) is 0.389. The number of benzene rings is 1. The number of carboxylic acids is 1. The molecule has 6 nitrogen and oxygen atoms in total. The Bertz CT molecular complexity index is 747. The molecule has 1 aliphatic carbocycles. The van der Waals surface area contributed by atoms with Crippen molar-refractivity contribution < 1.29 is 42.1 Å². The van der Waals surface area contributed by atoms with Gasteiger partial charge in [0.1, 0.15) is 5.60 Å². The molecule has 1 aliphatic rings. The van der Waals surface area contributed by atoms with Gasteiger partial charge in [0, 0.05) is 5.57 Å². The van der Waals surface area contributed by atoms with Crippen LogP contribution in [0.4, 0.5) is 13.2 Å². The van der Waals surface area contributed by atoms with E-state index in [2.05, 4.69) is 11.3 Å². The lowest BCUT2D eigenvalue weighted by Crippen LogP contribution is -2.39. The van der Waals surface area contributed by atoms with Gasteiger partial charge in [0.05, 0.1) is 12.0 Å². The summed E-state index contributed by atoms with van der Waals surface area (Å²) in [7, 11) is 0. The van der Waals surface area contributed by atoms with Crippen LogP contribution in [0.1, 0.15) is 36.8 Å². The highest BCUT2D eigenvalue weighted by Crippen LogP contribution is 2.45. The lowest BCUT2D eigenvalue weighted by Gasteiger charge is -2.41. The monoisotopic (exact) mass is 386 g/mol. The lowest BCUT2D eigenvalue weighted by atomic mass is 9.74. The maximum absolute atomic E-state index is 12.7. The van der Waals surface area contributed by atoms with Crippen LogP contribution in [-0.2, 0) is 35.6 Å². The van der Waals surface area contributed by atoms with Crippen molar-refractivity contribution >= 4 is 17.9 Å². The molecule has 9 heteroatoms. The van der Waals surface area contributed by atoms with Gasteiger partial charge in [-0.05, 0) is 37.0 Å². The van der Waals surface area contributed by atoms with Gasteiger partial charge in [-0.25, -0.2) is 9.59 Å². The summed E-state index contributed by atoms with van der Waals surface area (Å²) in [6, 6.07) is 4.36. The first-order valence-corrected chi connectivity index (χ1v) is 8.00. The molecular formula is C18H17F3O6. The van der Waals surface area contributed by atoms with Gasteiger partial charge in [0.2, 0.25) is 0 Å². The summed E-state index contributed by atoms with van der Waals surface area (Å²) >= 11 is 0. The number of hydrogen-bond acceptors (Lipinski definition) is 5. The van der Waals surface area contributed by atoms with E-state index in [1.54, 1.807) is 0 Å². The quantitative estimate of drug-likeness (QED) is 0.572. The molecule has 2 rings (SSSR count). The number of carbonyl (C=O) groups excluding carboxylic acids is 2. The second-order valence-corrected chi connectivity index (χ2v) is 6.15. The first-order valence-electron chi connectivity index (χ1n) is 8.00. The fourth-order valence-electron chi connectivity index (χ4n) is 2.60. The fourth-order valence-corrected chi connectivity index (χ4v) is 2.60. The highest BCUT2D eigenvalue weighted by molar-refractivity contribution is 5.93. The molecule has 0 bridgehead atoms. The molecule has 0 aliphatic heterocycles. The highest BCUT2D eigenvalue weighted by Gasteiger charge is 2.43. The van der Waals surface area contributed by atoms with E-state index in [1.807, 2.05) is 0 Å².